The number of aryl methyl sites for hydroxylation is 2. The largest absolute Gasteiger partial charge is 0.492 e. The second-order valence-corrected chi connectivity index (χ2v) is 12.1. The number of hydrogen-bond acceptors (Lipinski definition) is 5. The molecule has 0 N–H and O–H groups in total. The summed E-state index contributed by atoms with van der Waals surface area (Å²) in [6, 6.07) is 21.4. The molecule has 1 aliphatic heterocycles. The van der Waals surface area contributed by atoms with Gasteiger partial charge in [0.15, 0.2) is 5.75 Å². The van der Waals surface area contributed by atoms with E-state index in [-0.39, 0.29) is 5.91 Å². The lowest BCUT2D eigenvalue weighted by Crippen LogP contribution is -2.47. The van der Waals surface area contributed by atoms with E-state index in [1.807, 2.05) is 30.0 Å². The van der Waals surface area contributed by atoms with Crippen molar-refractivity contribution < 1.29 is 14.3 Å². The molecule has 0 aliphatic carbocycles. The number of amides is 1. The number of hydrogen-bond donors (Lipinski definition) is 0. The van der Waals surface area contributed by atoms with E-state index in [2.05, 4.69) is 41.1 Å². The third-order valence-corrected chi connectivity index (χ3v) is 8.46. The molecular formula is C35H34Cl3N3O3. The first-order chi connectivity index (χ1) is 21.2. The summed E-state index contributed by atoms with van der Waals surface area (Å²) in [5, 5.41) is 1.49. The standard InChI is InChI=1S/C35H34Cl3N3O3/c1-24-3-5-27(6-4-24)23-40-14-16-41(17-15-40)34(42)12-8-28-19-25(2)35(32(38)21-28)44-33-11-9-29(22-39-33)43-18-13-26-7-10-30(36)31(37)20-26/h3-12,19-22H,13-18,23H2,1-2H3/b12-8+. The quantitative estimate of drug-likeness (QED) is 0.161. The van der Waals surface area contributed by atoms with E-state index in [1.165, 1.54) is 11.1 Å². The molecule has 0 atom stereocenters. The SMILES string of the molecule is Cc1ccc(CN2CCN(C(=O)/C=C/c3cc(C)c(Oc4ccc(OCCc5ccc(Cl)c(Cl)c5)cn4)c(Cl)c3)CC2)cc1. The minimum atomic E-state index is -0.00226. The molecule has 2 heterocycles. The maximum absolute atomic E-state index is 12.9. The van der Waals surface area contributed by atoms with E-state index < -0.39 is 0 Å². The van der Waals surface area contributed by atoms with Crippen molar-refractivity contribution >= 4 is 46.8 Å². The predicted molar refractivity (Wildman–Crippen MR) is 178 cm³/mol. The summed E-state index contributed by atoms with van der Waals surface area (Å²) in [5.74, 6) is 1.53. The van der Waals surface area contributed by atoms with Crippen LogP contribution in [0, 0.1) is 13.8 Å². The fourth-order valence-corrected chi connectivity index (χ4v) is 5.57. The van der Waals surface area contributed by atoms with Crippen LogP contribution in [0.15, 0.2) is 79.0 Å². The van der Waals surface area contributed by atoms with Gasteiger partial charge in [-0.15, -0.1) is 0 Å². The van der Waals surface area contributed by atoms with Gasteiger partial charge in [0.25, 0.3) is 0 Å². The Balaban J connectivity index is 1.10. The zero-order valence-electron chi connectivity index (χ0n) is 24.7. The number of ether oxygens (including phenoxy) is 2. The van der Waals surface area contributed by atoms with Crippen LogP contribution in [-0.4, -0.2) is 53.5 Å². The molecule has 0 radical (unpaired) electrons. The molecule has 6 nitrogen and oxygen atoms in total. The fourth-order valence-electron chi connectivity index (χ4n) is 4.93. The number of halogens is 3. The van der Waals surface area contributed by atoms with Crippen LogP contribution in [0.5, 0.6) is 17.4 Å². The van der Waals surface area contributed by atoms with Crippen molar-refractivity contribution in [3.05, 3.63) is 122 Å². The highest BCUT2D eigenvalue weighted by atomic mass is 35.5. The summed E-state index contributed by atoms with van der Waals surface area (Å²) < 4.78 is 11.8. The summed E-state index contributed by atoms with van der Waals surface area (Å²) in [4.78, 5) is 21.5. The van der Waals surface area contributed by atoms with Gasteiger partial charge in [-0.25, -0.2) is 4.98 Å². The summed E-state index contributed by atoms with van der Waals surface area (Å²) >= 11 is 18.6. The second-order valence-electron chi connectivity index (χ2n) is 10.9. The molecular weight excluding hydrogens is 617 g/mol. The van der Waals surface area contributed by atoms with Crippen LogP contribution < -0.4 is 9.47 Å². The van der Waals surface area contributed by atoms with Crippen molar-refractivity contribution in [3.63, 3.8) is 0 Å². The van der Waals surface area contributed by atoms with Crippen molar-refractivity contribution in [3.8, 4) is 17.4 Å². The normalized spacial score (nSPS) is 13.8. The highest BCUT2D eigenvalue weighted by Crippen LogP contribution is 2.34. The molecule has 1 saturated heterocycles. The van der Waals surface area contributed by atoms with Gasteiger partial charge >= 0.3 is 0 Å². The molecule has 1 aliphatic rings. The van der Waals surface area contributed by atoms with Crippen LogP contribution in [0.25, 0.3) is 6.08 Å². The number of piperazine rings is 1. The highest BCUT2D eigenvalue weighted by molar-refractivity contribution is 6.42. The fraction of sp³-hybridized carbons (Fsp3) is 0.257. The van der Waals surface area contributed by atoms with Gasteiger partial charge in [0.2, 0.25) is 11.8 Å². The lowest BCUT2D eigenvalue weighted by Gasteiger charge is -2.34. The van der Waals surface area contributed by atoms with Crippen molar-refractivity contribution in [2.75, 3.05) is 32.8 Å². The zero-order valence-corrected chi connectivity index (χ0v) is 27.0. The first kappa shape index (κ1) is 31.9. The average Bonchev–Trinajstić information content (AvgIpc) is 3.02. The Labute approximate surface area is 273 Å². The Morgan fingerprint density at radius 2 is 1.61 bits per heavy atom. The molecule has 5 rings (SSSR count). The minimum Gasteiger partial charge on any atom is -0.492 e. The second kappa shape index (κ2) is 15.0. The Hall–Kier alpha value is -3.55. The lowest BCUT2D eigenvalue weighted by molar-refractivity contribution is -0.127. The first-order valence-corrected chi connectivity index (χ1v) is 15.6. The lowest BCUT2D eigenvalue weighted by atomic mass is 10.1. The van der Waals surface area contributed by atoms with Crippen molar-refractivity contribution in [1.82, 2.24) is 14.8 Å². The monoisotopic (exact) mass is 649 g/mol. The van der Waals surface area contributed by atoms with Crippen LogP contribution in [0.1, 0.15) is 27.8 Å². The van der Waals surface area contributed by atoms with E-state index in [0.717, 1.165) is 36.3 Å². The van der Waals surface area contributed by atoms with Crippen LogP contribution in [0.2, 0.25) is 15.1 Å². The summed E-state index contributed by atoms with van der Waals surface area (Å²) in [7, 11) is 0. The Kier molecular flexibility index (Phi) is 10.8. The smallest absolute Gasteiger partial charge is 0.246 e. The molecule has 0 bridgehead atoms. The highest BCUT2D eigenvalue weighted by Gasteiger charge is 2.20. The minimum absolute atomic E-state index is 0.00226. The molecule has 44 heavy (non-hydrogen) atoms. The number of benzene rings is 3. The number of nitrogens with zero attached hydrogens (tertiary/aromatic N) is 3. The van der Waals surface area contributed by atoms with Gasteiger partial charge in [0.05, 0.1) is 27.9 Å². The topological polar surface area (TPSA) is 54.9 Å². The van der Waals surface area contributed by atoms with Crippen LogP contribution >= 0.6 is 34.8 Å². The maximum Gasteiger partial charge on any atom is 0.246 e. The number of aromatic nitrogens is 1. The van der Waals surface area contributed by atoms with E-state index in [0.29, 0.717) is 58.6 Å². The van der Waals surface area contributed by atoms with Gasteiger partial charge in [0.1, 0.15) is 5.75 Å². The van der Waals surface area contributed by atoms with Crippen LogP contribution in [-0.2, 0) is 17.8 Å². The van der Waals surface area contributed by atoms with Gasteiger partial charge in [-0.05, 0) is 72.5 Å². The molecule has 1 aromatic heterocycles. The third-order valence-electron chi connectivity index (χ3n) is 7.44. The van der Waals surface area contributed by atoms with Crippen molar-refractivity contribution in [1.29, 1.82) is 0 Å². The van der Waals surface area contributed by atoms with Gasteiger partial charge in [0, 0.05) is 51.3 Å². The summed E-state index contributed by atoms with van der Waals surface area (Å²) in [5.41, 5.74) is 5.25. The van der Waals surface area contributed by atoms with Crippen LogP contribution in [0.3, 0.4) is 0 Å². The number of carbonyl (C=O) groups is 1. The predicted octanol–water partition coefficient (Wildman–Crippen LogP) is 8.43. The number of pyridine rings is 1. The molecule has 3 aromatic carbocycles. The van der Waals surface area contributed by atoms with Crippen molar-refractivity contribution in [2.45, 2.75) is 26.8 Å². The molecule has 9 heteroatoms. The Bertz CT molecular complexity index is 1590. The molecule has 1 fully saturated rings. The molecule has 0 spiro atoms. The maximum atomic E-state index is 12.9. The molecule has 0 saturated carbocycles. The van der Waals surface area contributed by atoms with Crippen molar-refractivity contribution in [2.24, 2.45) is 0 Å². The zero-order chi connectivity index (χ0) is 31.1. The third kappa shape index (κ3) is 8.76. The molecule has 228 valence electrons. The van der Waals surface area contributed by atoms with Gasteiger partial charge < -0.3 is 14.4 Å². The molecule has 4 aromatic rings. The van der Waals surface area contributed by atoms with E-state index in [1.54, 1.807) is 42.6 Å². The van der Waals surface area contributed by atoms with Crippen LogP contribution in [0.4, 0.5) is 0 Å². The number of carbonyl (C=O) groups excluding carboxylic acids is 1. The van der Waals surface area contributed by atoms with E-state index >= 15 is 0 Å². The van der Waals surface area contributed by atoms with Gasteiger partial charge in [-0.1, -0.05) is 70.7 Å². The van der Waals surface area contributed by atoms with Gasteiger partial charge in [-0.2, -0.15) is 0 Å². The van der Waals surface area contributed by atoms with Gasteiger partial charge in [-0.3, -0.25) is 9.69 Å². The Morgan fingerprint density at radius 1 is 0.864 bits per heavy atom. The summed E-state index contributed by atoms with van der Waals surface area (Å²) in [6.45, 7) is 8.48. The molecule has 1 amide bonds. The number of rotatable bonds is 10. The summed E-state index contributed by atoms with van der Waals surface area (Å²) in [6.07, 6.45) is 5.70. The Morgan fingerprint density at radius 3 is 2.30 bits per heavy atom. The van der Waals surface area contributed by atoms with E-state index in [9.17, 15) is 4.79 Å². The average molecular weight is 651 g/mol. The van der Waals surface area contributed by atoms with E-state index in [4.69, 9.17) is 44.3 Å². The molecule has 0 unspecified atom stereocenters. The first-order valence-electron chi connectivity index (χ1n) is 14.5.